The van der Waals surface area contributed by atoms with Gasteiger partial charge in [-0.2, -0.15) is 4.57 Å². The molecule has 0 bridgehead atoms. The molecule has 106 valence electrons. The molecule has 4 heteroatoms. The highest BCUT2D eigenvalue weighted by molar-refractivity contribution is 7.19. The normalized spacial score (nSPS) is 15.0. The molecule has 0 radical (unpaired) electrons. The van der Waals surface area contributed by atoms with Crippen LogP contribution in [0.25, 0.3) is 15.8 Å². The zero-order valence-electron chi connectivity index (χ0n) is 11.4. The summed E-state index contributed by atoms with van der Waals surface area (Å²) in [6, 6.07) is 19.0. The van der Waals surface area contributed by atoms with Gasteiger partial charge < -0.3 is 22.3 Å². The number of thiazole rings is 1. The number of halogens is 1. The topological polar surface area (TPSA) is 15.9 Å². The number of nitrogens with zero attached hydrogens (tertiary/aromatic N) is 1. The Balaban J connectivity index is 0.00000132. The Labute approximate surface area is 138 Å². The van der Waals surface area contributed by atoms with Gasteiger partial charge in [0.1, 0.15) is 4.70 Å². The van der Waals surface area contributed by atoms with E-state index in [1.54, 1.807) is 0 Å². The average molecular weight is 359 g/mol. The quantitative estimate of drug-likeness (QED) is 0.677. The van der Waals surface area contributed by atoms with Gasteiger partial charge in [0.15, 0.2) is 6.54 Å². The SMILES string of the molecule is C(Nc1ccccc1)=C1CC[n+]2c1sc1ccccc12.[Br-]. The number of aryl methyl sites for hydroxylation is 1. The largest absolute Gasteiger partial charge is 1.00 e. The van der Waals surface area contributed by atoms with E-state index < -0.39 is 0 Å². The average Bonchev–Trinajstić information content (AvgIpc) is 3.05. The van der Waals surface area contributed by atoms with Crippen LogP contribution in [0.2, 0.25) is 0 Å². The van der Waals surface area contributed by atoms with Gasteiger partial charge in [0, 0.05) is 24.4 Å². The first-order chi connectivity index (χ1) is 9.92. The van der Waals surface area contributed by atoms with Crippen LogP contribution in [0.15, 0.2) is 60.8 Å². The zero-order valence-corrected chi connectivity index (χ0v) is 13.8. The fraction of sp³-hybridized carbons (Fsp3) is 0.118. The molecule has 2 heterocycles. The molecular formula is C17H15BrN2S. The number of fused-ring (bicyclic) bond motifs is 3. The van der Waals surface area contributed by atoms with Crippen molar-refractivity contribution in [1.29, 1.82) is 0 Å². The zero-order chi connectivity index (χ0) is 13.4. The van der Waals surface area contributed by atoms with Gasteiger partial charge in [-0.05, 0) is 18.2 Å². The van der Waals surface area contributed by atoms with E-state index in [0.717, 1.165) is 18.7 Å². The first-order valence-electron chi connectivity index (χ1n) is 6.84. The minimum Gasteiger partial charge on any atom is -1.00 e. The van der Waals surface area contributed by atoms with Crippen LogP contribution < -0.4 is 26.9 Å². The monoisotopic (exact) mass is 358 g/mol. The third kappa shape index (κ3) is 2.61. The van der Waals surface area contributed by atoms with Crippen LogP contribution in [0.3, 0.4) is 0 Å². The van der Waals surface area contributed by atoms with E-state index in [-0.39, 0.29) is 17.0 Å². The maximum atomic E-state index is 3.40. The highest BCUT2D eigenvalue weighted by Crippen LogP contribution is 2.31. The lowest BCUT2D eigenvalue weighted by molar-refractivity contribution is -0.659. The summed E-state index contributed by atoms with van der Waals surface area (Å²) < 4.78 is 3.80. The van der Waals surface area contributed by atoms with Crippen molar-refractivity contribution >= 4 is 32.8 Å². The molecule has 0 aliphatic carbocycles. The van der Waals surface area contributed by atoms with Crippen molar-refractivity contribution < 1.29 is 21.5 Å². The summed E-state index contributed by atoms with van der Waals surface area (Å²) in [5.74, 6) is 0. The van der Waals surface area contributed by atoms with E-state index >= 15 is 0 Å². The molecule has 21 heavy (non-hydrogen) atoms. The Morgan fingerprint density at radius 2 is 1.76 bits per heavy atom. The second-order valence-electron chi connectivity index (χ2n) is 4.96. The van der Waals surface area contributed by atoms with Crippen LogP contribution in [0.5, 0.6) is 0 Å². The van der Waals surface area contributed by atoms with Gasteiger partial charge >= 0.3 is 0 Å². The van der Waals surface area contributed by atoms with Crippen molar-refractivity contribution in [3.63, 3.8) is 0 Å². The van der Waals surface area contributed by atoms with Gasteiger partial charge in [0.25, 0.3) is 5.01 Å². The van der Waals surface area contributed by atoms with E-state index in [9.17, 15) is 0 Å². The number of para-hydroxylation sites is 2. The smallest absolute Gasteiger partial charge is 0.267 e. The van der Waals surface area contributed by atoms with Crippen molar-refractivity contribution in [3.05, 3.63) is 65.8 Å². The van der Waals surface area contributed by atoms with Crippen molar-refractivity contribution in [3.8, 4) is 0 Å². The van der Waals surface area contributed by atoms with Crippen molar-refractivity contribution in [2.24, 2.45) is 0 Å². The molecule has 3 aromatic rings. The van der Waals surface area contributed by atoms with Gasteiger partial charge in [0.2, 0.25) is 5.52 Å². The summed E-state index contributed by atoms with van der Waals surface area (Å²) in [5.41, 5.74) is 3.89. The molecule has 2 nitrogen and oxygen atoms in total. The van der Waals surface area contributed by atoms with Gasteiger partial charge in [0.05, 0.1) is 5.57 Å². The third-order valence-electron chi connectivity index (χ3n) is 3.67. The lowest BCUT2D eigenvalue weighted by atomic mass is 10.2. The molecule has 1 N–H and O–H groups in total. The molecule has 0 saturated carbocycles. The summed E-state index contributed by atoms with van der Waals surface area (Å²) in [5, 5.41) is 4.79. The number of aromatic nitrogens is 1. The minimum absolute atomic E-state index is 0. The summed E-state index contributed by atoms with van der Waals surface area (Å²) in [4.78, 5) is 0. The maximum absolute atomic E-state index is 3.40. The number of benzene rings is 2. The van der Waals surface area contributed by atoms with Crippen LogP contribution in [-0.2, 0) is 6.54 Å². The molecule has 0 fully saturated rings. The van der Waals surface area contributed by atoms with E-state index in [2.05, 4.69) is 64.6 Å². The Kier molecular flexibility index (Phi) is 4.08. The molecule has 1 aromatic heterocycles. The molecule has 2 aromatic carbocycles. The van der Waals surface area contributed by atoms with Crippen molar-refractivity contribution in [2.75, 3.05) is 5.32 Å². The second-order valence-corrected chi connectivity index (χ2v) is 5.99. The summed E-state index contributed by atoms with van der Waals surface area (Å²) in [7, 11) is 0. The van der Waals surface area contributed by atoms with Crippen molar-refractivity contribution in [1.82, 2.24) is 0 Å². The first-order valence-corrected chi connectivity index (χ1v) is 7.66. The fourth-order valence-electron chi connectivity index (χ4n) is 2.67. The van der Waals surface area contributed by atoms with Crippen LogP contribution in [-0.4, -0.2) is 0 Å². The lowest BCUT2D eigenvalue weighted by Gasteiger charge is -1.99. The van der Waals surface area contributed by atoms with Gasteiger partial charge in [-0.15, -0.1) is 0 Å². The summed E-state index contributed by atoms with van der Waals surface area (Å²) >= 11 is 1.88. The first kappa shape index (κ1) is 14.3. The predicted octanol–water partition coefficient (Wildman–Crippen LogP) is 1.05. The molecule has 0 unspecified atom stereocenters. The Morgan fingerprint density at radius 1 is 1.00 bits per heavy atom. The molecule has 0 amide bonds. The molecule has 0 atom stereocenters. The van der Waals surface area contributed by atoms with Gasteiger partial charge in [-0.3, -0.25) is 0 Å². The lowest BCUT2D eigenvalue weighted by Crippen LogP contribution is -3.00. The number of rotatable bonds is 2. The Bertz CT molecular complexity index is 793. The standard InChI is InChI=1S/C17H14N2S.BrH/c1-2-6-14(7-3-1)18-12-13-10-11-19-15-8-4-5-9-16(15)20-17(13)19;/h1-9,12H,10-11H2;1H. The number of hydrogen-bond acceptors (Lipinski definition) is 2. The maximum Gasteiger partial charge on any atom is 0.267 e. The third-order valence-corrected chi connectivity index (χ3v) is 4.92. The number of hydrogen-bond donors (Lipinski definition) is 1. The second kappa shape index (κ2) is 6.00. The van der Waals surface area contributed by atoms with E-state index in [1.165, 1.54) is 20.8 Å². The van der Waals surface area contributed by atoms with Crippen molar-refractivity contribution in [2.45, 2.75) is 13.0 Å². The summed E-state index contributed by atoms with van der Waals surface area (Å²) in [6.07, 6.45) is 3.26. The van der Waals surface area contributed by atoms with E-state index in [1.807, 2.05) is 17.4 Å². The molecule has 0 spiro atoms. The predicted molar refractivity (Wildman–Crippen MR) is 84.7 cm³/mol. The Morgan fingerprint density at radius 3 is 2.62 bits per heavy atom. The van der Waals surface area contributed by atoms with Gasteiger partial charge in [-0.25, -0.2) is 0 Å². The molecule has 0 saturated heterocycles. The van der Waals surface area contributed by atoms with Crippen LogP contribution in [0.4, 0.5) is 5.69 Å². The highest BCUT2D eigenvalue weighted by atomic mass is 79.9. The molecular weight excluding hydrogens is 344 g/mol. The van der Waals surface area contributed by atoms with Crippen LogP contribution in [0.1, 0.15) is 11.4 Å². The van der Waals surface area contributed by atoms with E-state index in [0.29, 0.717) is 0 Å². The summed E-state index contributed by atoms with van der Waals surface area (Å²) in [6.45, 7) is 1.08. The molecule has 1 aliphatic rings. The number of allylic oxidation sites excluding steroid dienone is 1. The minimum atomic E-state index is 0. The number of anilines is 1. The molecule has 4 rings (SSSR count). The molecule has 1 aliphatic heterocycles. The highest BCUT2D eigenvalue weighted by Gasteiger charge is 2.29. The fourth-order valence-corrected chi connectivity index (χ4v) is 3.90. The van der Waals surface area contributed by atoms with E-state index in [4.69, 9.17) is 0 Å². The number of nitrogens with one attached hydrogen (secondary N) is 1. The van der Waals surface area contributed by atoms with Crippen LogP contribution in [0, 0.1) is 0 Å². The van der Waals surface area contributed by atoms with Gasteiger partial charge in [-0.1, -0.05) is 41.7 Å². The van der Waals surface area contributed by atoms with Crippen LogP contribution >= 0.6 is 11.3 Å². The Hall–Kier alpha value is -1.65.